The van der Waals surface area contributed by atoms with E-state index in [2.05, 4.69) is 18.3 Å². The molecule has 2 N–H and O–H groups in total. The summed E-state index contributed by atoms with van der Waals surface area (Å²) in [5, 5.41) is 12.7. The fourth-order valence-corrected chi connectivity index (χ4v) is 2.24. The third-order valence-electron chi connectivity index (χ3n) is 1.92. The zero-order chi connectivity index (χ0) is 11.1. The van der Waals surface area contributed by atoms with E-state index in [-0.39, 0.29) is 6.61 Å². The highest BCUT2D eigenvalue weighted by Gasteiger charge is 2.01. The number of halogens is 1. The van der Waals surface area contributed by atoms with E-state index in [0.717, 1.165) is 23.0 Å². The van der Waals surface area contributed by atoms with Crippen LogP contribution in [0, 0.1) is 0 Å². The Kier molecular flexibility index (Phi) is 6.10. The highest BCUT2D eigenvalue weighted by atomic mass is 35.5. The van der Waals surface area contributed by atoms with Crippen molar-refractivity contribution in [3.63, 3.8) is 0 Å². The first-order valence-electron chi connectivity index (χ1n) is 5.00. The highest BCUT2D eigenvalue weighted by Crippen LogP contribution is 2.27. The molecule has 0 unspecified atom stereocenters. The van der Waals surface area contributed by atoms with Crippen molar-refractivity contribution in [3.8, 4) is 0 Å². The highest BCUT2D eigenvalue weighted by molar-refractivity contribution is 7.99. The quantitative estimate of drug-likeness (QED) is 0.756. The van der Waals surface area contributed by atoms with Gasteiger partial charge < -0.3 is 10.4 Å². The topological polar surface area (TPSA) is 32.3 Å². The molecule has 0 atom stereocenters. The van der Waals surface area contributed by atoms with Gasteiger partial charge in [0.05, 0.1) is 11.6 Å². The molecule has 1 rings (SSSR count). The van der Waals surface area contributed by atoms with Crippen molar-refractivity contribution in [2.24, 2.45) is 0 Å². The summed E-state index contributed by atoms with van der Waals surface area (Å²) in [6.07, 6.45) is 0. The van der Waals surface area contributed by atoms with Gasteiger partial charge in [-0.2, -0.15) is 0 Å². The molecule has 0 aliphatic carbocycles. The van der Waals surface area contributed by atoms with Gasteiger partial charge >= 0.3 is 0 Å². The van der Waals surface area contributed by atoms with Gasteiger partial charge in [-0.15, -0.1) is 11.8 Å². The second-order valence-corrected chi connectivity index (χ2v) is 4.66. The Bertz CT molecular complexity index is 307. The van der Waals surface area contributed by atoms with Gasteiger partial charge in [0, 0.05) is 17.2 Å². The van der Waals surface area contributed by atoms with Crippen LogP contribution >= 0.6 is 23.4 Å². The van der Waals surface area contributed by atoms with Crippen LogP contribution in [0.25, 0.3) is 0 Å². The third kappa shape index (κ3) is 4.43. The average molecular weight is 246 g/mol. The molecule has 0 spiro atoms. The van der Waals surface area contributed by atoms with Crippen LogP contribution in [-0.2, 0) is 6.54 Å². The number of aliphatic hydroxyl groups excluding tert-OH is 1. The smallest absolute Gasteiger partial charge is 0.0545 e. The van der Waals surface area contributed by atoms with Gasteiger partial charge in [-0.3, -0.25) is 0 Å². The lowest BCUT2D eigenvalue weighted by Crippen LogP contribution is -2.11. The standard InChI is InChI=1S/C11H16ClNOS/c1-2-13-8-9-3-4-11(10(12)7-9)15-6-5-14/h3-4,7,13-14H,2,5-6,8H2,1H3. The molecular weight excluding hydrogens is 230 g/mol. The zero-order valence-electron chi connectivity index (χ0n) is 8.79. The van der Waals surface area contributed by atoms with Crippen LogP contribution < -0.4 is 5.32 Å². The molecular formula is C11H16ClNOS. The molecule has 84 valence electrons. The molecule has 0 aromatic heterocycles. The van der Waals surface area contributed by atoms with E-state index in [4.69, 9.17) is 16.7 Å². The molecule has 0 fully saturated rings. The summed E-state index contributed by atoms with van der Waals surface area (Å²) in [4.78, 5) is 1.03. The van der Waals surface area contributed by atoms with E-state index in [1.807, 2.05) is 12.1 Å². The summed E-state index contributed by atoms with van der Waals surface area (Å²) in [6, 6.07) is 6.05. The molecule has 0 heterocycles. The average Bonchev–Trinajstić information content (AvgIpc) is 2.25. The molecule has 4 heteroatoms. The zero-order valence-corrected chi connectivity index (χ0v) is 10.4. The van der Waals surface area contributed by atoms with Crippen molar-refractivity contribution in [2.45, 2.75) is 18.4 Å². The van der Waals surface area contributed by atoms with Gasteiger partial charge in [-0.1, -0.05) is 24.6 Å². The van der Waals surface area contributed by atoms with E-state index in [1.165, 1.54) is 5.56 Å². The number of aliphatic hydroxyl groups is 1. The number of rotatable bonds is 6. The van der Waals surface area contributed by atoms with Crippen LogP contribution in [0.15, 0.2) is 23.1 Å². The SMILES string of the molecule is CCNCc1ccc(SCCO)c(Cl)c1. The molecule has 0 bridgehead atoms. The summed E-state index contributed by atoms with van der Waals surface area (Å²) in [7, 11) is 0. The molecule has 0 saturated carbocycles. The first-order chi connectivity index (χ1) is 7.27. The fourth-order valence-electron chi connectivity index (χ4n) is 1.20. The Hall–Kier alpha value is -0.220. The van der Waals surface area contributed by atoms with Gasteiger partial charge in [0.1, 0.15) is 0 Å². The van der Waals surface area contributed by atoms with Crippen molar-refractivity contribution >= 4 is 23.4 Å². The van der Waals surface area contributed by atoms with Crippen molar-refractivity contribution in [3.05, 3.63) is 28.8 Å². The van der Waals surface area contributed by atoms with Crippen molar-refractivity contribution in [1.29, 1.82) is 0 Å². The lowest BCUT2D eigenvalue weighted by atomic mass is 10.2. The summed E-state index contributed by atoms with van der Waals surface area (Å²) in [5.41, 5.74) is 1.19. The monoisotopic (exact) mass is 245 g/mol. The van der Waals surface area contributed by atoms with Crippen molar-refractivity contribution in [2.75, 3.05) is 18.9 Å². The maximum atomic E-state index is 8.72. The minimum atomic E-state index is 0.181. The van der Waals surface area contributed by atoms with Gasteiger partial charge in [0.25, 0.3) is 0 Å². The van der Waals surface area contributed by atoms with E-state index >= 15 is 0 Å². The summed E-state index contributed by atoms with van der Waals surface area (Å²) in [5.74, 6) is 0.687. The summed E-state index contributed by atoms with van der Waals surface area (Å²) >= 11 is 7.69. The third-order valence-corrected chi connectivity index (χ3v) is 3.40. The van der Waals surface area contributed by atoms with Gasteiger partial charge in [-0.05, 0) is 24.2 Å². The second kappa shape index (κ2) is 7.12. The van der Waals surface area contributed by atoms with Crippen LogP contribution in [0.3, 0.4) is 0 Å². The molecule has 1 aromatic rings. The molecule has 2 nitrogen and oxygen atoms in total. The predicted octanol–water partition coefficient (Wildman–Crippen LogP) is 2.53. The Morgan fingerprint density at radius 2 is 2.27 bits per heavy atom. The number of nitrogens with one attached hydrogen (secondary N) is 1. The van der Waals surface area contributed by atoms with Crippen LogP contribution in [0.2, 0.25) is 5.02 Å². The van der Waals surface area contributed by atoms with E-state index in [9.17, 15) is 0 Å². The van der Waals surface area contributed by atoms with Crippen LogP contribution in [0.1, 0.15) is 12.5 Å². The number of benzene rings is 1. The van der Waals surface area contributed by atoms with Gasteiger partial charge in [0.15, 0.2) is 0 Å². The Morgan fingerprint density at radius 1 is 1.47 bits per heavy atom. The maximum Gasteiger partial charge on any atom is 0.0545 e. The van der Waals surface area contributed by atoms with E-state index in [0.29, 0.717) is 5.75 Å². The van der Waals surface area contributed by atoms with E-state index in [1.54, 1.807) is 11.8 Å². The first-order valence-corrected chi connectivity index (χ1v) is 6.37. The van der Waals surface area contributed by atoms with E-state index < -0.39 is 0 Å². The molecule has 1 aromatic carbocycles. The Labute approximate surface area is 100 Å². The molecule has 0 aliphatic heterocycles. The molecule has 0 amide bonds. The van der Waals surface area contributed by atoms with Crippen LogP contribution in [0.5, 0.6) is 0 Å². The summed E-state index contributed by atoms with van der Waals surface area (Å²) < 4.78 is 0. The Morgan fingerprint density at radius 3 is 2.87 bits per heavy atom. The normalized spacial score (nSPS) is 10.6. The second-order valence-electron chi connectivity index (χ2n) is 3.12. The number of thioether (sulfide) groups is 1. The number of hydrogen-bond donors (Lipinski definition) is 2. The van der Waals surface area contributed by atoms with Gasteiger partial charge in [0.2, 0.25) is 0 Å². The molecule has 0 radical (unpaired) electrons. The fraction of sp³-hybridized carbons (Fsp3) is 0.455. The van der Waals surface area contributed by atoms with Crippen molar-refractivity contribution < 1.29 is 5.11 Å². The van der Waals surface area contributed by atoms with Crippen LogP contribution in [-0.4, -0.2) is 24.0 Å². The van der Waals surface area contributed by atoms with Gasteiger partial charge in [-0.25, -0.2) is 0 Å². The molecule has 0 saturated heterocycles. The largest absolute Gasteiger partial charge is 0.396 e. The lowest BCUT2D eigenvalue weighted by molar-refractivity contribution is 0.322. The first kappa shape index (κ1) is 12.8. The minimum Gasteiger partial charge on any atom is -0.396 e. The molecule has 15 heavy (non-hydrogen) atoms. The molecule has 0 aliphatic rings. The predicted molar refractivity (Wildman–Crippen MR) is 66.6 cm³/mol. The van der Waals surface area contributed by atoms with Crippen molar-refractivity contribution in [1.82, 2.24) is 5.32 Å². The number of hydrogen-bond acceptors (Lipinski definition) is 3. The van der Waals surface area contributed by atoms with Crippen LogP contribution in [0.4, 0.5) is 0 Å². The minimum absolute atomic E-state index is 0.181. The maximum absolute atomic E-state index is 8.72. The summed E-state index contributed by atoms with van der Waals surface area (Å²) in [6.45, 7) is 4.06. The Balaban J connectivity index is 2.61. The lowest BCUT2D eigenvalue weighted by Gasteiger charge is -2.06.